The summed E-state index contributed by atoms with van der Waals surface area (Å²) in [4.78, 5) is 6.61. The highest BCUT2D eigenvalue weighted by Crippen LogP contribution is 2.40. The topological polar surface area (TPSA) is 62.7 Å². The van der Waals surface area contributed by atoms with Gasteiger partial charge in [-0.2, -0.15) is 0 Å². The Morgan fingerprint density at radius 2 is 1.51 bits per heavy atom. The molecule has 0 atom stereocenters. The highest BCUT2D eigenvalue weighted by atomic mass is 35.5. The summed E-state index contributed by atoms with van der Waals surface area (Å²) in [5.41, 5.74) is 2.03. The molecule has 0 bridgehead atoms. The maximum absolute atomic E-state index is 14.2. The van der Waals surface area contributed by atoms with Crippen LogP contribution in [-0.2, 0) is 10.0 Å². The molecule has 0 fully saturated rings. The fourth-order valence-corrected chi connectivity index (χ4v) is 6.34. The maximum atomic E-state index is 14.2. The lowest BCUT2D eigenvalue weighted by Gasteiger charge is -2.27. The number of fused-ring (bicyclic) bond motifs is 1. The third-order valence-corrected chi connectivity index (χ3v) is 8.58. The van der Waals surface area contributed by atoms with Gasteiger partial charge in [0, 0.05) is 21.1 Å². The van der Waals surface area contributed by atoms with Gasteiger partial charge in [-0.15, -0.1) is 0 Å². The predicted octanol–water partition coefficient (Wildman–Crippen LogP) is 7.71. The van der Waals surface area contributed by atoms with Gasteiger partial charge in [0.05, 0.1) is 21.9 Å². The summed E-state index contributed by atoms with van der Waals surface area (Å²) in [6, 6.07) is 18.1. The molecule has 0 N–H and O–H groups in total. The quantitative estimate of drug-likeness (QED) is 0.190. The minimum Gasteiger partial charge on any atom is -0.478 e. The van der Waals surface area contributed by atoms with Gasteiger partial charge in [0.2, 0.25) is 0 Å². The van der Waals surface area contributed by atoms with Crippen LogP contribution < -0.4 is 9.04 Å². The molecule has 0 aliphatic carbocycles. The van der Waals surface area contributed by atoms with Gasteiger partial charge in [-0.1, -0.05) is 48.7 Å². The van der Waals surface area contributed by atoms with Crippen LogP contribution in [0.4, 0.5) is 11.4 Å². The average Bonchev–Trinajstić information content (AvgIpc) is 2.85. The van der Waals surface area contributed by atoms with Crippen molar-refractivity contribution >= 4 is 67.1 Å². The van der Waals surface area contributed by atoms with Crippen LogP contribution in [0, 0.1) is 6.92 Å². The number of rotatable bonds is 9. The molecule has 194 valence electrons. The van der Waals surface area contributed by atoms with E-state index < -0.39 is 10.0 Å². The van der Waals surface area contributed by atoms with E-state index in [1.807, 2.05) is 0 Å². The van der Waals surface area contributed by atoms with E-state index in [1.165, 1.54) is 22.5 Å². The van der Waals surface area contributed by atoms with Gasteiger partial charge < -0.3 is 4.74 Å². The number of halogens is 3. The molecule has 1 heterocycles. The van der Waals surface area contributed by atoms with E-state index in [1.54, 1.807) is 55.5 Å². The minimum absolute atomic E-state index is 0.0230. The summed E-state index contributed by atoms with van der Waals surface area (Å²) in [5, 5.41) is 1.48. The molecule has 0 amide bonds. The van der Waals surface area contributed by atoms with Crippen LogP contribution in [-0.4, -0.2) is 38.1 Å². The summed E-state index contributed by atoms with van der Waals surface area (Å²) in [6.45, 7) is 8.09. The van der Waals surface area contributed by atoms with Gasteiger partial charge in [-0.05, 0) is 86.7 Å². The Balaban J connectivity index is 1.88. The Bertz CT molecular complexity index is 1520. The van der Waals surface area contributed by atoms with E-state index >= 15 is 0 Å². The Morgan fingerprint density at radius 3 is 2.16 bits per heavy atom. The molecule has 4 aromatic rings. The molecular weight excluding hydrogens is 553 g/mol. The number of pyridine rings is 1. The molecule has 0 unspecified atom stereocenters. The van der Waals surface area contributed by atoms with Crippen molar-refractivity contribution in [3.63, 3.8) is 0 Å². The minimum atomic E-state index is -4.19. The largest absolute Gasteiger partial charge is 0.478 e. The van der Waals surface area contributed by atoms with E-state index in [0.717, 1.165) is 13.1 Å². The van der Waals surface area contributed by atoms with Crippen molar-refractivity contribution in [2.24, 2.45) is 0 Å². The molecule has 1 aromatic heterocycles. The van der Waals surface area contributed by atoms with Crippen LogP contribution in [0.15, 0.2) is 71.6 Å². The lowest BCUT2D eigenvalue weighted by Crippen LogP contribution is -2.28. The van der Waals surface area contributed by atoms with Gasteiger partial charge in [0.1, 0.15) is 17.4 Å². The summed E-state index contributed by atoms with van der Waals surface area (Å²) in [7, 11) is -4.19. The Morgan fingerprint density at radius 1 is 0.865 bits per heavy atom. The summed E-state index contributed by atoms with van der Waals surface area (Å²) in [6.07, 6.45) is 0. The number of aryl methyl sites for hydroxylation is 1. The van der Waals surface area contributed by atoms with E-state index in [-0.39, 0.29) is 9.92 Å². The normalized spacial score (nSPS) is 11.8. The zero-order chi connectivity index (χ0) is 26.7. The fraction of sp³-hybridized carbons (Fsp3) is 0.222. The standard InChI is InChI=1S/C27H26Cl3N3O3S/c1-4-32(5-2)17-36-22-10-8-21(9-11-22)33(37(34,35)27-13-7-19(28)15-24(27)30)26-14-18(3)31-25-16-20(29)6-12-23(25)26/h6-16H,4-5,17H2,1-3H3. The maximum Gasteiger partial charge on any atom is 0.270 e. The van der Waals surface area contributed by atoms with Crippen molar-refractivity contribution in [1.82, 2.24) is 9.88 Å². The van der Waals surface area contributed by atoms with E-state index in [2.05, 4.69) is 23.7 Å². The monoisotopic (exact) mass is 577 g/mol. The van der Waals surface area contributed by atoms with Crippen LogP contribution in [0.25, 0.3) is 10.9 Å². The molecule has 0 radical (unpaired) electrons. The molecule has 0 saturated carbocycles. The van der Waals surface area contributed by atoms with Crippen LogP contribution in [0.3, 0.4) is 0 Å². The molecular formula is C27H26Cl3N3O3S. The van der Waals surface area contributed by atoms with Crippen LogP contribution >= 0.6 is 34.8 Å². The van der Waals surface area contributed by atoms with E-state index in [9.17, 15) is 8.42 Å². The Labute approximate surface area is 232 Å². The van der Waals surface area contributed by atoms with Crippen molar-refractivity contribution in [2.75, 3.05) is 24.1 Å². The molecule has 10 heteroatoms. The van der Waals surface area contributed by atoms with Gasteiger partial charge >= 0.3 is 0 Å². The third-order valence-electron chi connectivity index (χ3n) is 5.89. The van der Waals surface area contributed by atoms with Gasteiger partial charge in [0.25, 0.3) is 10.0 Å². The first-order chi connectivity index (χ1) is 17.6. The summed E-state index contributed by atoms with van der Waals surface area (Å²) >= 11 is 18.6. The van der Waals surface area contributed by atoms with Crippen molar-refractivity contribution in [1.29, 1.82) is 0 Å². The molecule has 0 spiro atoms. The lowest BCUT2D eigenvalue weighted by molar-refractivity contribution is 0.137. The average molecular weight is 579 g/mol. The number of aromatic nitrogens is 1. The first-order valence-corrected chi connectivity index (χ1v) is 14.2. The second-order valence-electron chi connectivity index (χ2n) is 8.36. The molecule has 6 nitrogen and oxygen atoms in total. The molecule has 0 aliphatic rings. The van der Waals surface area contributed by atoms with Gasteiger partial charge in [-0.3, -0.25) is 9.88 Å². The molecule has 4 rings (SSSR count). The Kier molecular flexibility index (Phi) is 8.51. The second kappa shape index (κ2) is 11.5. The predicted molar refractivity (Wildman–Crippen MR) is 152 cm³/mol. The first-order valence-electron chi connectivity index (χ1n) is 11.7. The van der Waals surface area contributed by atoms with Crippen LogP contribution in [0.2, 0.25) is 15.1 Å². The van der Waals surface area contributed by atoms with E-state index in [4.69, 9.17) is 39.5 Å². The number of benzene rings is 3. The second-order valence-corrected chi connectivity index (χ2v) is 11.4. The van der Waals surface area contributed by atoms with Crippen molar-refractivity contribution < 1.29 is 13.2 Å². The number of ether oxygens (including phenoxy) is 1. The first kappa shape index (κ1) is 27.5. The number of hydrogen-bond donors (Lipinski definition) is 0. The number of nitrogens with zero attached hydrogens (tertiary/aromatic N) is 3. The summed E-state index contributed by atoms with van der Waals surface area (Å²) < 4.78 is 35.5. The number of anilines is 2. The highest BCUT2D eigenvalue weighted by Gasteiger charge is 2.30. The SMILES string of the molecule is CCN(CC)COc1ccc(N(c2cc(C)nc3cc(Cl)ccc23)S(=O)(=O)c2ccc(Cl)cc2Cl)cc1. The van der Waals surface area contributed by atoms with Crippen molar-refractivity contribution in [3.05, 3.63) is 87.5 Å². The van der Waals surface area contributed by atoms with Crippen LogP contribution in [0.1, 0.15) is 19.5 Å². The highest BCUT2D eigenvalue weighted by molar-refractivity contribution is 7.93. The van der Waals surface area contributed by atoms with Crippen molar-refractivity contribution in [2.45, 2.75) is 25.7 Å². The van der Waals surface area contributed by atoms with Gasteiger partial charge in [0.15, 0.2) is 0 Å². The molecule has 0 saturated heterocycles. The van der Waals surface area contributed by atoms with Crippen LogP contribution in [0.5, 0.6) is 5.75 Å². The molecule has 37 heavy (non-hydrogen) atoms. The number of hydrogen-bond acceptors (Lipinski definition) is 5. The zero-order valence-corrected chi connectivity index (χ0v) is 23.7. The molecule has 3 aromatic carbocycles. The fourth-order valence-electron chi connectivity index (χ4n) is 3.92. The molecule has 0 aliphatic heterocycles. The van der Waals surface area contributed by atoms with Gasteiger partial charge in [-0.25, -0.2) is 12.7 Å². The zero-order valence-electron chi connectivity index (χ0n) is 20.6. The Hall–Kier alpha value is -2.55. The summed E-state index contributed by atoms with van der Waals surface area (Å²) in [5.74, 6) is 0.625. The number of sulfonamides is 1. The lowest BCUT2D eigenvalue weighted by atomic mass is 10.1. The van der Waals surface area contributed by atoms with E-state index in [0.29, 0.717) is 50.5 Å². The van der Waals surface area contributed by atoms with Crippen molar-refractivity contribution in [3.8, 4) is 5.75 Å². The smallest absolute Gasteiger partial charge is 0.270 e. The third kappa shape index (κ3) is 5.97.